The van der Waals surface area contributed by atoms with Crippen molar-refractivity contribution in [2.75, 3.05) is 13.2 Å². The Morgan fingerprint density at radius 3 is 2.37 bits per heavy atom. The van der Waals surface area contributed by atoms with E-state index in [1.807, 2.05) is 0 Å². The van der Waals surface area contributed by atoms with Gasteiger partial charge in [-0.25, -0.2) is 13.8 Å². The number of rotatable bonds is 2. The molecule has 27 heavy (non-hydrogen) atoms. The summed E-state index contributed by atoms with van der Waals surface area (Å²) in [5.41, 5.74) is -4.93. The van der Waals surface area contributed by atoms with E-state index in [1.54, 1.807) is 6.07 Å². The number of hydrogen-bond donors (Lipinski definition) is 0. The fraction of sp³-hybridized carbons (Fsp3) is 0.312. The molecule has 0 atom stereocenters. The van der Waals surface area contributed by atoms with Gasteiger partial charge < -0.3 is 9.47 Å². The van der Waals surface area contributed by atoms with Crippen molar-refractivity contribution < 1.29 is 27.0 Å². The molecule has 0 aliphatic carbocycles. The molecule has 0 bridgehead atoms. The summed E-state index contributed by atoms with van der Waals surface area (Å²) in [6.45, 7) is 0.425. The lowest BCUT2D eigenvalue weighted by molar-refractivity contribution is -0.144. The molecule has 1 fully saturated rings. The zero-order valence-electron chi connectivity index (χ0n) is 13.7. The van der Waals surface area contributed by atoms with Crippen molar-refractivity contribution in [1.82, 2.24) is 9.13 Å². The third kappa shape index (κ3) is 3.24. The van der Waals surface area contributed by atoms with Crippen LogP contribution in [0.5, 0.6) is 0 Å². The number of nitrogens with zero attached hydrogens (tertiary/aromatic N) is 3. The third-order valence-corrected chi connectivity index (χ3v) is 3.97. The first kappa shape index (κ1) is 18.8. The highest BCUT2D eigenvalue weighted by molar-refractivity contribution is 5.48. The Morgan fingerprint density at radius 2 is 1.81 bits per heavy atom. The monoisotopic (exact) mass is 385 g/mol. The highest BCUT2D eigenvalue weighted by atomic mass is 19.4. The van der Waals surface area contributed by atoms with Crippen LogP contribution in [0.25, 0.3) is 5.69 Å². The summed E-state index contributed by atoms with van der Waals surface area (Å²) in [5, 5.41) is 9.16. The molecule has 1 saturated heterocycles. The number of benzene rings is 1. The molecule has 7 nitrogen and oxygen atoms in total. The van der Waals surface area contributed by atoms with E-state index in [2.05, 4.69) is 0 Å². The highest BCUT2D eigenvalue weighted by Gasteiger charge is 2.35. The average Bonchev–Trinajstić information content (AvgIpc) is 3.12. The highest BCUT2D eigenvalue weighted by Crippen LogP contribution is 2.30. The van der Waals surface area contributed by atoms with Crippen LogP contribution in [0.2, 0.25) is 0 Å². The molecule has 1 aliphatic heterocycles. The fourth-order valence-electron chi connectivity index (χ4n) is 2.70. The number of nitriles is 1. The van der Waals surface area contributed by atoms with Crippen molar-refractivity contribution in [2.45, 2.75) is 12.5 Å². The zero-order valence-corrected chi connectivity index (χ0v) is 13.7. The first-order chi connectivity index (χ1) is 12.6. The van der Waals surface area contributed by atoms with Crippen LogP contribution < -0.4 is 11.2 Å². The van der Waals surface area contributed by atoms with Gasteiger partial charge in [0.15, 0.2) is 6.29 Å². The SMILES string of the molecule is Cn1c(C(F)(F)F)cc(=O)n(-c2cc(C3OCCO3)c(C#N)cc2F)c1=O. The first-order valence-electron chi connectivity index (χ1n) is 7.52. The van der Waals surface area contributed by atoms with Crippen molar-refractivity contribution in [3.05, 3.63) is 61.7 Å². The summed E-state index contributed by atoms with van der Waals surface area (Å²) in [7, 11) is 0.812. The van der Waals surface area contributed by atoms with Crippen LogP contribution in [-0.4, -0.2) is 22.3 Å². The predicted molar refractivity (Wildman–Crippen MR) is 81.6 cm³/mol. The zero-order chi connectivity index (χ0) is 19.9. The van der Waals surface area contributed by atoms with Crippen molar-refractivity contribution >= 4 is 0 Å². The summed E-state index contributed by atoms with van der Waals surface area (Å²) in [6.07, 6.45) is -5.96. The summed E-state index contributed by atoms with van der Waals surface area (Å²) in [5.74, 6) is -1.13. The number of halogens is 4. The van der Waals surface area contributed by atoms with Crippen LogP contribution in [0.4, 0.5) is 17.6 Å². The van der Waals surface area contributed by atoms with Crippen LogP contribution in [0.15, 0.2) is 27.8 Å². The molecule has 1 aromatic heterocycles. The molecule has 0 spiro atoms. The Balaban J connectivity index is 2.28. The maximum atomic E-state index is 14.5. The maximum Gasteiger partial charge on any atom is 0.431 e. The molecule has 3 rings (SSSR count). The molecule has 11 heteroatoms. The summed E-state index contributed by atoms with van der Waals surface area (Å²) in [6, 6.07) is 3.69. The molecule has 0 unspecified atom stereocenters. The van der Waals surface area contributed by atoms with E-state index in [9.17, 15) is 27.2 Å². The Hall–Kier alpha value is -2.97. The number of hydrogen-bond acceptors (Lipinski definition) is 5. The Kier molecular flexibility index (Phi) is 4.63. The fourth-order valence-corrected chi connectivity index (χ4v) is 2.70. The predicted octanol–water partition coefficient (Wildman–Crippen LogP) is 1.61. The van der Waals surface area contributed by atoms with E-state index in [4.69, 9.17) is 14.7 Å². The van der Waals surface area contributed by atoms with E-state index in [-0.39, 0.29) is 39.5 Å². The van der Waals surface area contributed by atoms with Gasteiger partial charge in [0.1, 0.15) is 11.5 Å². The number of aromatic nitrogens is 2. The molecule has 1 aliphatic rings. The van der Waals surface area contributed by atoms with Crippen LogP contribution >= 0.6 is 0 Å². The Morgan fingerprint density at radius 1 is 1.19 bits per heavy atom. The van der Waals surface area contributed by atoms with Crippen LogP contribution in [-0.2, 0) is 22.7 Å². The van der Waals surface area contributed by atoms with Crippen molar-refractivity contribution in [3.8, 4) is 11.8 Å². The minimum Gasteiger partial charge on any atom is -0.346 e. The van der Waals surface area contributed by atoms with Gasteiger partial charge in [-0.1, -0.05) is 0 Å². The largest absolute Gasteiger partial charge is 0.431 e. The minimum atomic E-state index is -4.94. The van der Waals surface area contributed by atoms with Crippen LogP contribution in [0.3, 0.4) is 0 Å². The lowest BCUT2D eigenvalue weighted by Gasteiger charge is -2.16. The summed E-state index contributed by atoms with van der Waals surface area (Å²) in [4.78, 5) is 24.5. The topological polar surface area (TPSA) is 86.2 Å². The molecule has 2 heterocycles. The number of ether oxygens (including phenoxy) is 2. The molecule has 1 aromatic carbocycles. The molecule has 0 N–H and O–H groups in total. The summed E-state index contributed by atoms with van der Waals surface area (Å²) >= 11 is 0. The second-order valence-corrected chi connectivity index (χ2v) is 5.62. The van der Waals surface area contributed by atoms with Crippen molar-refractivity contribution in [3.63, 3.8) is 0 Å². The molecule has 2 aromatic rings. The van der Waals surface area contributed by atoms with E-state index in [0.29, 0.717) is 0 Å². The normalized spacial score (nSPS) is 15.1. The second kappa shape index (κ2) is 6.64. The van der Waals surface area contributed by atoms with E-state index >= 15 is 0 Å². The Bertz CT molecular complexity index is 1060. The molecular weight excluding hydrogens is 374 g/mol. The van der Waals surface area contributed by atoms with E-state index in [1.165, 1.54) is 0 Å². The lowest BCUT2D eigenvalue weighted by atomic mass is 10.1. The Labute approximate surface area is 148 Å². The van der Waals surface area contributed by atoms with Gasteiger partial charge in [0.25, 0.3) is 5.56 Å². The standard InChI is InChI=1S/C16H11F4N3O4/c1-22-12(16(18,19)20)6-13(24)23(15(22)25)11-5-9(14-26-2-3-27-14)8(7-21)4-10(11)17/h4-6,14H,2-3H2,1H3. The van der Waals surface area contributed by atoms with E-state index < -0.39 is 40.9 Å². The smallest absolute Gasteiger partial charge is 0.346 e. The van der Waals surface area contributed by atoms with Gasteiger partial charge in [-0.15, -0.1) is 0 Å². The van der Waals surface area contributed by atoms with Gasteiger partial charge in [0.05, 0.1) is 30.5 Å². The van der Waals surface area contributed by atoms with Gasteiger partial charge in [-0.2, -0.15) is 18.4 Å². The lowest BCUT2D eigenvalue weighted by Crippen LogP contribution is -2.41. The quantitative estimate of drug-likeness (QED) is 0.734. The van der Waals surface area contributed by atoms with E-state index in [0.717, 1.165) is 19.2 Å². The van der Waals surface area contributed by atoms with Gasteiger partial charge in [0, 0.05) is 18.7 Å². The van der Waals surface area contributed by atoms with Gasteiger partial charge in [-0.3, -0.25) is 9.36 Å². The minimum absolute atomic E-state index is 0.0558. The number of alkyl halides is 3. The first-order valence-corrected chi connectivity index (χ1v) is 7.52. The summed E-state index contributed by atoms with van der Waals surface area (Å²) < 4.78 is 64.2. The maximum absolute atomic E-state index is 14.5. The molecular formula is C16H11F4N3O4. The van der Waals surface area contributed by atoms with Gasteiger partial charge in [0.2, 0.25) is 0 Å². The second-order valence-electron chi connectivity index (χ2n) is 5.62. The molecule has 142 valence electrons. The van der Waals surface area contributed by atoms with Crippen LogP contribution in [0, 0.1) is 17.1 Å². The van der Waals surface area contributed by atoms with Gasteiger partial charge >= 0.3 is 11.9 Å². The van der Waals surface area contributed by atoms with Crippen molar-refractivity contribution in [2.24, 2.45) is 7.05 Å². The molecule has 0 saturated carbocycles. The molecule has 0 radical (unpaired) electrons. The van der Waals surface area contributed by atoms with Crippen molar-refractivity contribution in [1.29, 1.82) is 5.26 Å². The van der Waals surface area contributed by atoms with Crippen LogP contribution in [0.1, 0.15) is 23.1 Å². The molecule has 0 amide bonds. The average molecular weight is 385 g/mol. The third-order valence-electron chi connectivity index (χ3n) is 3.97. The van der Waals surface area contributed by atoms with Gasteiger partial charge in [-0.05, 0) is 12.1 Å².